The lowest BCUT2D eigenvalue weighted by Crippen LogP contribution is -2.61. The van der Waals surface area contributed by atoms with Gasteiger partial charge in [0.15, 0.2) is 18.3 Å². The summed E-state index contributed by atoms with van der Waals surface area (Å²) >= 11 is 0. The monoisotopic (exact) mass is 596 g/mol. The van der Waals surface area contributed by atoms with Crippen molar-refractivity contribution in [1.82, 2.24) is 0 Å². The second-order valence-corrected chi connectivity index (χ2v) is 13.4. The molecule has 1 fully saturated rings. The van der Waals surface area contributed by atoms with Crippen molar-refractivity contribution >= 4 is 37.4 Å². The summed E-state index contributed by atoms with van der Waals surface area (Å²) in [5.74, 6) is -3.60. The topological polar surface area (TPSA) is 176 Å². The van der Waals surface area contributed by atoms with Gasteiger partial charge in [-0.3, -0.25) is 37.6 Å². The zero-order valence-corrected chi connectivity index (χ0v) is 25.6. The van der Waals surface area contributed by atoms with E-state index in [1.807, 2.05) is 0 Å². The average Bonchev–Trinajstić information content (AvgIpc) is 2.76. The number of esters is 5. The number of rotatable bonds is 11. The largest absolute Gasteiger partial charge is 0.456 e. The molecule has 5 atom stereocenters. The van der Waals surface area contributed by atoms with Gasteiger partial charge in [-0.15, -0.1) is 0 Å². The second kappa shape index (κ2) is 14.4. The Morgan fingerprint density at radius 3 is 1.43 bits per heavy atom. The van der Waals surface area contributed by atoms with Crippen molar-refractivity contribution < 1.29 is 66.0 Å². The predicted molar refractivity (Wildman–Crippen MR) is 136 cm³/mol. The Kier molecular flexibility index (Phi) is 12.8. The number of hydrogen-bond donors (Lipinski definition) is 0. The molecular weight excluding hydrogens is 555 g/mol. The van der Waals surface area contributed by atoms with E-state index in [2.05, 4.69) is 0 Å². The number of hydrogen-bond acceptors (Lipinski definition) is 14. The third kappa shape index (κ3) is 11.5. The zero-order valence-electron chi connectivity index (χ0n) is 24.7. The van der Waals surface area contributed by atoms with Crippen LogP contribution in [0.25, 0.3) is 0 Å². The molecule has 1 rings (SSSR count). The fraction of sp³-hybridized carbons (Fsp3) is 0.800. The van der Waals surface area contributed by atoms with Crippen LogP contribution in [0.3, 0.4) is 0 Å². The van der Waals surface area contributed by atoms with E-state index in [9.17, 15) is 28.5 Å². The van der Waals surface area contributed by atoms with E-state index < -0.39 is 98.5 Å². The van der Waals surface area contributed by atoms with Crippen LogP contribution in [-0.4, -0.2) is 80.1 Å². The molecule has 40 heavy (non-hydrogen) atoms. The van der Waals surface area contributed by atoms with Crippen LogP contribution < -0.4 is 0 Å². The van der Waals surface area contributed by atoms with Crippen LogP contribution in [0.5, 0.6) is 0 Å². The fourth-order valence-corrected chi connectivity index (χ4v) is 4.82. The maximum Gasteiger partial charge on any atom is 0.339 e. The van der Waals surface area contributed by atoms with Crippen LogP contribution in [0.1, 0.15) is 69.2 Å². The van der Waals surface area contributed by atoms with Crippen LogP contribution in [0, 0.1) is 10.8 Å². The number of carbonyl (C=O) groups is 5. The third-order valence-corrected chi connectivity index (χ3v) is 7.08. The number of ether oxygens (including phenoxy) is 6. The molecule has 0 amide bonds. The Bertz CT molecular complexity index is 943. The Balaban J connectivity index is 3.32. The van der Waals surface area contributed by atoms with Gasteiger partial charge in [-0.25, -0.2) is 0 Å². The second-order valence-electron chi connectivity index (χ2n) is 11.3. The molecule has 1 aliphatic rings. The van der Waals surface area contributed by atoms with Crippen molar-refractivity contribution in [3.05, 3.63) is 0 Å². The highest BCUT2D eigenvalue weighted by molar-refractivity contribution is 7.53. The molecule has 14 nitrogen and oxygen atoms in total. The van der Waals surface area contributed by atoms with Gasteiger partial charge < -0.3 is 28.4 Å². The highest BCUT2D eigenvalue weighted by Crippen LogP contribution is 2.51. The summed E-state index contributed by atoms with van der Waals surface area (Å²) in [4.78, 5) is 59.9. The molecule has 1 saturated heterocycles. The minimum Gasteiger partial charge on any atom is -0.456 e. The smallest absolute Gasteiger partial charge is 0.339 e. The van der Waals surface area contributed by atoms with E-state index in [1.54, 1.807) is 41.5 Å². The van der Waals surface area contributed by atoms with E-state index in [0.717, 1.165) is 20.8 Å². The van der Waals surface area contributed by atoms with Crippen molar-refractivity contribution in [2.75, 3.05) is 19.7 Å². The molecule has 0 aromatic rings. The summed E-state index contributed by atoms with van der Waals surface area (Å²) in [5.41, 5.74) is -1.77. The molecule has 230 valence electrons. The first-order chi connectivity index (χ1) is 18.2. The Hall–Kier alpha value is -2.54. The summed E-state index contributed by atoms with van der Waals surface area (Å²) in [7, 11) is -4.34. The lowest BCUT2D eigenvalue weighted by atomic mass is 9.95. The van der Waals surface area contributed by atoms with Crippen molar-refractivity contribution in [3.63, 3.8) is 0 Å². The Morgan fingerprint density at radius 1 is 0.675 bits per heavy atom. The van der Waals surface area contributed by atoms with Crippen LogP contribution in [-0.2, 0) is 66.0 Å². The minimum absolute atomic E-state index is 0.625. The summed E-state index contributed by atoms with van der Waals surface area (Å²) in [6.45, 7) is 12.9. The summed E-state index contributed by atoms with van der Waals surface area (Å²) in [6, 6.07) is 0. The van der Waals surface area contributed by atoms with Crippen molar-refractivity contribution in [3.8, 4) is 0 Å². The van der Waals surface area contributed by atoms with Crippen molar-refractivity contribution in [2.24, 2.45) is 10.8 Å². The van der Waals surface area contributed by atoms with Crippen LogP contribution in [0.2, 0.25) is 0 Å². The molecule has 0 aliphatic carbocycles. The lowest BCUT2D eigenvalue weighted by molar-refractivity contribution is -0.240. The normalized spacial score (nSPS) is 23.5. The molecule has 0 spiro atoms. The van der Waals surface area contributed by atoms with E-state index in [0.29, 0.717) is 0 Å². The molecule has 0 saturated carbocycles. The molecule has 0 radical (unpaired) electrons. The first-order valence-electron chi connectivity index (χ1n) is 12.6. The summed E-state index contributed by atoms with van der Waals surface area (Å²) < 4.78 is 56.5. The van der Waals surface area contributed by atoms with E-state index in [1.165, 1.54) is 6.92 Å². The van der Waals surface area contributed by atoms with Crippen molar-refractivity contribution in [1.29, 1.82) is 0 Å². The van der Waals surface area contributed by atoms with Gasteiger partial charge in [0.25, 0.3) is 0 Å². The summed E-state index contributed by atoms with van der Waals surface area (Å²) in [5, 5.41) is 0. The molecule has 0 bridgehead atoms. The average molecular weight is 597 g/mol. The van der Waals surface area contributed by atoms with Gasteiger partial charge in [0, 0.05) is 20.8 Å². The first kappa shape index (κ1) is 35.5. The SMILES string of the molecule is CC(=O)O[C@@H]1[C@H](OC(C)=O)[C@H](C)O[C@H](CP(=O)(OCOC(=O)C(C)(C)C)OCOC(=O)C(C)(C)C)[C@H]1OC(C)=O. The number of carbonyl (C=O) groups excluding carboxylic acids is 5. The molecular formula is C25H41O14P. The highest BCUT2D eigenvalue weighted by atomic mass is 31.2. The molecule has 0 aromatic carbocycles. The van der Waals surface area contributed by atoms with Gasteiger partial charge >= 0.3 is 37.4 Å². The van der Waals surface area contributed by atoms with Gasteiger partial charge in [-0.1, -0.05) is 0 Å². The van der Waals surface area contributed by atoms with Crippen LogP contribution in [0.4, 0.5) is 0 Å². The lowest BCUT2D eigenvalue weighted by Gasteiger charge is -2.44. The quantitative estimate of drug-likeness (QED) is 0.147. The van der Waals surface area contributed by atoms with Crippen molar-refractivity contribution in [2.45, 2.75) is 99.8 Å². The molecule has 1 aliphatic heterocycles. The third-order valence-electron chi connectivity index (χ3n) is 5.28. The Morgan fingerprint density at radius 2 is 1.05 bits per heavy atom. The molecule has 15 heteroatoms. The van der Waals surface area contributed by atoms with Gasteiger partial charge in [0.1, 0.15) is 6.10 Å². The van der Waals surface area contributed by atoms with Gasteiger partial charge in [0.2, 0.25) is 13.6 Å². The van der Waals surface area contributed by atoms with Gasteiger partial charge in [-0.05, 0) is 48.5 Å². The minimum atomic E-state index is -4.34. The fourth-order valence-electron chi connectivity index (χ4n) is 3.37. The highest BCUT2D eigenvalue weighted by Gasteiger charge is 2.52. The summed E-state index contributed by atoms with van der Waals surface area (Å²) in [6.07, 6.45) is -6.79. The predicted octanol–water partition coefficient (Wildman–Crippen LogP) is 2.89. The standard InChI is InChI=1S/C25H41O14P/c1-14-19(37-15(2)26)21(39-17(4)28)20(38-16(3)27)18(36-14)11-40(31,34-12-32-22(29)24(5,6)7)35-13-33-23(30)25(8,9)10/h14,18-21H,11-13H2,1-10H3/t14-,18+,19+,20+,21+/m0/s1. The molecule has 0 N–H and O–H groups in total. The molecule has 1 heterocycles. The zero-order chi connectivity index (χ0) is 31.1. The van der Waals surface area contributed by atoms with E-state index in [4.69, 9.17) is 37.5 Å². The van der Waals surface area contributed by atoms with E-state index >= 15 is 0 Å². The van der Waals surface area contributed by atoms with Crippen LogP contribution >= 0.6 is 7.60 Å². The van der Waals surface area contributed by atoms with Gasteiger partial charge in [0.05, 0.1) is 23.1 Å². The molecule has 0 aromatic heterocycles. The Labute approximate surface area is 234 Å². The van der Waals surface area contributed by atoms with Crippen LogP contribution in [0.15, 0.2) is 0 Å². The van der Waals surface area contributed by atoms with Gasteiger partial charge in [-0.2, -0.15) is 0 Å². The molecule has 0 unspecified atom stereocenters. The maximum atomic E-state index is 13.8. The van der Waals surface area contributed by atoms with E-state index in [-0.39, 0.29) is 0 Å². The first-order valence-corrected chi connectivity index (χ1v) is 14.3. The maximum absolute atomic E-state index is 13.8.